The molecule has 0 saturated carbocycles. The molecule has 0 atom stereocenters. The van der Waals surface area contributed by atoms with Crippen LogP contribution in [0.25, 0.3) is 11.1 Å². The van der Waals surface area contributed by atoms with Gasteiger partial charge in [-0.15, -0.1) is 0 Å². The molecule has 0 heterocycles. The molecule has 28 heavy (non-hydrogen) atoms. The first kappa shape index (κ1) is 18.0. The molecule has 4 rings (SSSR count). The van der Waals surface area contributed by atoms with Crippen molar-refractivity contribution >= 4 is 29.6 Å². The lowest BCUT2D eigenvalue weighted by Gasteiger charge is -2.25. The molecule has 4 aromatic carbocycles. The zero-order chi connectivity index (χ0) is 19.3. The Morgan fingerprint density at radius 1 is 0.500 bits per heavy atom. The molecule has 0 aromatic heterocycles. The van der Waals surface area contributed by atoms with Crippen molar-refractivity contribution < 1.29 is 10.0 Å². The number of anilines is 3. The number of benzene rings is 4. The number of nitrogens with zero attached hydrogens (tertiary/aromatic N) is 1. The number of para-hydroxylation sites is 2. The third-order valence-corrected chi connectivity index (χ3v) is 4.68. The molecule has 4 aromatic rings. The van der Waals surface area contributed by atoms with Gasteiger partial charge in [0.15, 0.2) is 0 Å². The summed E-state index contributed by atoms with van der Waals surface area (Å²) in [6.45, 7) is 0. The van der Waals surface area contributed by atoms with Gasteiger partial charge in [-0.3, -0.25) is 0 Å². The van der Waals surface area contributed by atoms with Gasteiger partial charge in [-0.25, -0.2) is 0 Å². The highest BCUT2D eigenvalue weighted by molar-refractivity contribution is 6.58. The van der Waals surface area contributed by atoms with E-state index in [1.807, 2.05) is 54.6 Å². The van der Waals surface area contributed by atoms with Crippen molar-refractivity contribution in [1.82, 2.24) is 0 Å². The highest BCUT2D eigenvalue weighted by Crippen LogP contribution is 2.35. The minimum absolute atomic E-state index is 0.482. The Morgan fingerprint density at radius 3 is 1.57 bits per heavy atom. The maximum atomic E-state index is 9.30. The van der Waals surface area contributed by atoms with Crippen molar-refractivity contribution in [1.29, 1.82) is 0 Å². The SMILES string of the molecule is OB(O)c1ccc(-c2cccc(N(c3ccccc3)c3ccccc3)c2)cc1. The zero-order valence-corrected chi connectivity index (χ0v) is 15.3. The van der Waals surface area contributed by atoms with Crippen LogP contribution in [0.3, 0.4) is 0 Å². The summed E-state index contributed by atoms with van der Waals surface area (Å²) in [6.07, 6.45) is 0. The lowest BCUT2D eigenvalue weighted by molar-refractivity contribution is 0.426. The fourth-order valence-corrected chi connectivity index (χ4v) is 3.27. The quantitative estimate of drug-likeness (QED) is 0.512. The van der Waals surface area contributed by atoms with Crippen LogP contribution in [0.5, 0.6) is 0 Å². The molecular weight excluding hydrogens is 345 g/mol. The zero-order valence-electron chi connectivity index (χ0n) is 15.3. The van der Waals surface area contributed by atoms with E-state index in [4.69, 9.17) is 0 Å². The molecule has 0 unspecified atom stereocenters. The van der Waals surface area contributed by atoms with E-state index in [9.17, 15) is 10.0 Å². The average Bonchev–Trinajstić information content (AvgIpc) is 2.76. The summed E-state index contributed by atoms with van der Waals surface area (Å²) in [4.78, 5) is 2.22. The molecule has 0 bridgehead atoms. The van der Waals surface area contributed by atoms with Crippen molar-refractivity contribution in [3.05, 3.63) is 109 Å². The topological polar surface area (TPSA) is 43.7 Å². The summed E-state index contributed by atoms with van der Waals surface area (Å²) < 4.78 is 0. The Bertz CT molecular complexity index is 995. The van der Waals surface area contributed by atoms with Gasteiger partial charge in [0.1, 0.15) is 0 Å². The van der Waals surface area contributed by atoms with Crippen LogP contribution in [-0.4, -0.2) is 17.2 Å². The summed E-state index contributed by atoms with van der Waals surface area (Å²) in [5.41, 5.74) is 5.80. The molecule has 0 spiro atoms. The fraction of sp³-hybridized carbons (Fsp3) is 0. The molecule has 3 nitrogen and oxygen atoms in total. The third kappa shape index (κ3) is 3.84. The van der Waals surface area contributed by atoms with Gasteiger partial charge < -0.3 is 14.9 Å². The van der Waals surface area contributed by atoms with Crippen LogP contribution >= 0.6 is 0 Å². The second-order valence-electron chi connectivity index (χ2n) is 6.55. The van der Waals surface area contributed by atoms with E-state index >= 15 is 0 Å². The number of hydrogen-bond acceptors (Lipinski definition) is 3. The van der Waals surface area contributed by atoms with E-state index in [0.29, 0.717) is 5.46 Å². The van der Waals surface area contributed by atoms with Crippen molar-refractivity contribution in [3.8, 4) is 11.1 Å². The summed E-state index contributed by atoms with van der Waals surface area (Å²) in [7, 11) is -1.45. The Labute approximate surface area is 165 Å². The second-order valence-corrected chi connectivity index (χ2v) is 6.55. The summed E-state index contributed by atoms with van der Waals surface area (Å²) >= 11 is 0. The molecule has 0 aliphatic carbocycles. The maximum absolute atomic E-state index is 9.30. The van der Waals surface area contributed by atoms with Crippen LogP contribution in [0, 0.1) is 0 Å². The van der Waals surface area contributed by atoms with Crippen LogP contribution in [0.4, 0.5) is 17.1 Å². The van der Waals surface area contributed by atoms with Gasteiger partial charge in [0.2, 0.25) is 0 Å². The van der Waals surface area contributed by atoms with Gasteiger partial charge in [-0.1, -0.05) is 72.8 Å². The molecule has 4 heteroatoms. The Balaban J connectivity index is 1.77. The van der Waals surface area contributed by atoms with Crippen molar-refractivity contribution in [3.63, 3.8) is 0 Å². The average molecular weight is 365 g/mol. The van der Waals surface area contributed by atoms with Crippen LogP contribution < -0.4 is 10.4 Å². The van der Waals surface area contributed by atoms with Gasteiger partial charge in [0.25, 0.3) is 0 Å². The molecule has 0 radical (unpaired) electrons. The van der Waals surface area contributed by atoms with Gasteiger partial charge >= 0.3 is 7.12 Å². The summed E-state index contributed by atoms with van der Waals surface area (Å²) in [6, 6.07) is 36.2. The molecule has 0 amide bonds. The van der Waals surface area contributed by atoms with Crippen LogP contribution in [-0.2, 0) is 0 Å². The Kier molecular flexibility index (Phi) is 5.24. The monoisotopic (exact) mass is 365 g/mol. The Morgan fingerprint density at radius 2 is 1.04 bits per heavy atom. The molecule has 2 N–H and O–H groups in total. The Hall–Kier alpha value is -3.34. The van der Waals surface area contributed by atoms with Crippen LogP contribution in [0.2, 0.25) is 0 Å². The fourth-order valence-electron chi connectivity index (χ4n) is 3.27. The van der Waals surface area contributed by atoms with Crippen LogP contribution in [0.15, 0.2) is 109 Å². The molecular formula is C24H20BNO2. The highest BCUT2D eigenvalue weighted by Gasteiger charge is 2.13. The van der Waals surface area contributed by atoms with E-state index in [0.717, 1.165) is 28.2 Å². The second kappa shape index (κ2) is 8.13. The van der Waals surface area contributed by atoms with E-state index in [-0.39, 0.29) is 0 Å². The minimum atomic E-state index is -1.45. The minimum Gasteiger partial charge on any atom is -0.423 e. The number of rotatable bonds is 5. The van der Waals surface area contributed by atoms with Crippen molar-refractivity contribution in [2.75, 3.05) is 4.90 Å². The van der Waals surface area contributed by atoms with Gasteiger partial charge in [-0.05, 0) is 53.0 Å². The highest BCUT2D eigenvalue weighted by atomic mass is 16.4. The standard InChI is InChI=1S/C24H20BNO2/c27-25(28)21-16-14-19(15-17-21)20-8-7-13-24(18-20)26(22-9-3-1-4-10-22)23-11-5-2-6-12-23/h1-18,27-28H. The molecule has 0 aliphatic rings. The predicted molar refractivity (Wildman–Crippen MR) is 116 cm³/mol. The number of hydrogen-bond donors (Lipinski definition) is 2. The molecule has 0 saturated heterocycles. The maximum Gasteiger partial charge on any atom is 0.488 e. The molecule has 136 valence electrons. The van der Waals surface area contributed by atoms with E-state index in [2.05, 4.69) is 47.4 Å². The first-order chi connectivity index (χ1) is 13.7. The third-order valence-electron chi connectivity index (χ3n) is 4.68. The molecule has 0 aliphatic heterocycles. The normalized spacial score (nSPS) is 10.5. The van der Waals surface area contributed by atoms with Gasteiger partial charge in [-0.2, -0.15) is 0 Å². The summed E-state index contributed by atoms with van der Waals surface area (Å²) in [5.74, 6) is 0. The first-order valence-corrected chi connectivity index (χ1v) is 9.19. The van der Waals surface area contributed by atoms with E-state index in [1.165, 1.54) is 0 Å². The molecule has 0 fully saturated rings. The predicted octanol–water partition coefficient (Wildman–Crippen LogP) is 4.50. The largest absolute Gasteiger partial charge is 0.488 e. The van der Waals surface area contributed by atoms with Crippen LogP contribution in [0.1, 0.15) is 0 Å². The lowest BCUT2D eigenvalue weighted by atomic mass is 9.80. The smallest absolute Gasteiger partial charge is 0.423 e. The van der Waals surface area contributed by atoms with E-state index in [1.54, 1.807) is 12.1 Å². The lowest BCUT2D eigenvalue weighted by Crippen LogP contribution is -2.29. The van der Waals surface area contributed by atoms with Crippen molar-refractivity contribution in [2.24, 2.45) is 0 Å². The van der Waals surface area contributed by atoms with E-state index < -0.39 is 7.12 Å². The van der Waals surface area contributed by atoms with Crippen molar-refractivity contribution in [2.45, 2.75) is 0 Å². The van der Waals surface area contributed by atoms with Gasteiger partial charge in [0, 0.05) is 17.1 Å². The first-order valence-electron chi connectivity index (χ1n) is 9.19. The van der Waals surface area contributed by atoms with Gasteiger partial charge in [0.05, 0.1) is 0 Å². The summed E-state index contributed by atoms with van der Waals surface area (Å²) in [5, 5.41) is 18.6.